The Morgan fingerprint density at radius 2 is 1.96 bits per heavy atom. The topological polar surface area (TPSA) is 62.3 Å². The van der Waals surface area contributed by atoms with E-state index in [1.807, 2.05) is 50.2 Å². The van der Waals surface area contributed by atoms with E-state index < -0.39 is 0 Å². The predicted molar refractivity (Wildman–Crippen MR) is 100 cm³/mol. The third kappa shape index (κ3) is 3.70. The monoisotopic (exact) mass is 357 g/mol. The van der Waals surface area contributed by atoms with Crippen molar-refractivity contribution in [2.75, 3.05) is 13.2 Å². The van der Waals surface area contributed by atoms with Crippen molar-refractivity contribution >= 4 is 28.8 Å². The number of carbonyl (C=O) groups excluding carboxylic acids is 1. The highest BCUT2D eigenvalue weighted by molar-refractivity contribution is 6.34. The van der Waals surface area contributed by atoms with Crippen LogP contribution in [0.1, 0.15) is 24.2 Å². The number of carbonyl (C=O) groups is 1. The molecule has 0 unspecified atom stereocenters. The molecule has 0 bridgehead atoms. The lowest BCUT2D eigenvalue weighted by Crippen LogP contribution is -2.25. The van der Waals surface area contributed by atoms with Gasteiger partial charge in [0.2, 0.25) is 0 Å². The number of nitrogens with one attached hydrogen (secondary N) is 1. The number of aromatic nitrogens is 1. The molecular formula is C20H20ClNO3. The van der Waals surface area contributed by atoms with Crippen LogP contribution in [0.3, 0.4) is 0 Å². The fraction of sp³-hybridized carbons (Fsp3) is 0.250. The average Bonchev–Trinajstić information content (AvgIpc) is 3.01. The van der Waals surface area contributed by atoms with Crippen LogP contribution in [0, 0.1) is 5.41 Å². The molecule has 1 heterocycles. The van der Waals surface area contributed by atoms with Gasteiger partial charge in [0.25, 0.3) is 0 Å². The zero-order chi connectivity index (χ0) is 18.0. The predicted octanol–water partition coefficient (Wildman–Crippen LogP) is 4.70. The first-order valence-electron chi connectivity index (χ1n) is 8.03. The molecule has 25 heavy (non-hydrogen) atoms. The van der Waals surface area contributed by atoms with Crippen molar-refractivity contribution in [2.45, 2.75) is 13.8 Å². The molecule has 4 nitrogen and oxygen atoms in total. The molecule has 0 fully saturated rings. The first kappa shape index (κ1) is 17.5. The molecule has 0 aliphatic heterocycles. The highest BCUT2D eigenvalue weighted by Crippen LogP contribution is 2.34. The van der Waals surface area contributed by atoms with E-state index >= 15 is 0 Å². The molecule has 0 amide bonds. The average molecular weight is 358 g/mol. The van der Waals surface area contributed by atoms with Crippen LogP contribution < -0.4 is 4.74 Å². The maximum absolute atomic E-state index is 11.1. The summed E-state index contributed by atoms with van der Waals surface area (Å²) in [5.41, 5.74) is 2.96. The Labute approximate surface area is 151 Å². The van der Waals surface area contributed by atoms with E-state index in [0.717, 1.165) is 34.1 Å². The van der Waals surface area contributed by atoms with Crippen LogP contribution in [0.2, 0.25) is 5.02 Å². The number of aliphatic hydroxyl groups is 1. The third-order valence-corrected chi connectivity index (χ3v) is 4.46. The molecular weight excluding hydrogens is 338 g/mol. The Kier molecular flexibility index (Phi) is 4.84. The van der Waals surface area contributed by atoms with E-state index in [0.29, 0.717) is 17.2 Å². The van der Waals surface area contributed by atoms with Crippen LogP contribution in [0.4, 0.5) is 0 Å². The number of rotatable bonds is 6. The lowest BCUT2D eigenvalue weighted by atomic mass is 9.96. The van der Waals surface area contributed by atoms with Crippen molar-refractivity contribution in [1.82, 2.24) is 4.98 Å². The Morgan fingerprint density at radius 3 is 2.60 bits per heavy atom. The van der Waals surface area contributed by atoms with Gasteiger partial charge in [-0.3, -0.25) is 4.79 Å². The molecule has 2 N–H and O–H groups in total. The number of hydrogen-bond acceptors (Lipinski definition) is 3. The number of hydrogen-bond donors (Lipinski definition) is 2. The number of ether oxygens (including phenoxy) is 1. The number of benzene rings is 2. The number of H-pyrrole nitrogens is 1. The van der Waals surface area contributed by atoms with Crippen LogP contribution in [-0.2, 0) is 0 Å². The largest absolute Gasteiger partial charge is 0.493 e. The van der Waals surface area contributed by atoms with Crippen molar-refractivity contribution in [3.05, 3.63) is 53.2 Å². The summed E-state index contributed by atoms with van der Waals surface area (Å²) in [7, 11) is 0. The van der Waals surface area contributed by atoms with Crippen molar-refractivity contribution in [3.63, 3.8) is 0 Å². The molecule has 0 saturated heterocycles. The molecule has 0 spiro atoms. The number of aldehydes is 1. The molecule has 3 aromatic rings. The van der Waals surface area contributed by atoms with Gasteiger partial charge in [-0.1, -0.05) is 37.6 Å². The molecule has 2 aromatic carbocycles. The number of aliphatic hydroxyl groups excluding tert-OH is 1. The molecule has 0 radical (unpaired) electrons. The van der Waals surface area contributed by atoms with E-state index in [1.165, 1.54) is 0 Å². The summed E-state index contributed by atoms with van der Waals surface area (Å²) in [5.74, 6) is 0.734. The zero-order valence-corrected chi connectivity index (χ0v) is 14.9. The summed E-state index contributed by atoms with van der Waals surface area (Å²) < 4.78 is 5.73. The first-order valence-corrected chi connectivity index (χ1v) is 8.41. The van der Waals surface area contributed by atoms with E-state index in [1.54, 1.807) is 6.20 Å². The SMILES string of the molecule is CC(C)(CO)COc1ccc(-c2cc3c(C=O)c[nH]c3cc2Cl)cc1. The minimum absolute atomic E-state index is 0.0659. The molecule has 0 aliphatic rings. The Balaban J connectivity index is 1.88. The summed E-state index contributed by atoms with van der Waals surface area (Å²) in [5, 5.41) is 10.7. The van der Waals surface area contributed by atoms with Gasteiger partial charge in [0.05, 0.1) is 18.2 Å². The fourth-order valence-electron chi connectivity index (χ4n) is 2.54. The van der Waals surface area contributed by atoms with E-state index in [4.69, 9.17) is 16.3 Å². The molecule has 5 heteroatoms. The zero-order valence-electron chi connectivity index (χ0n) is 14.2. The van der Waals surface area contributed by atoms with E-state index in [9.17, 15) is 9.90 Å². The minimum atomic E-state index is -0.285. The Hall–Kier alpha value is -2.30. The summed E-state index contributed by atoms with van der Waals surface area (Å²) in [4.78, 5) is 14.2. The van der Waals surface area contributed by atoms with Crippen molar-refractivity contribution in [3.8, 4) is 16.9 Å². The highest BCUT2D eigenvalue weighted by Gasteiger charge is 2.17. The first-order chi connectivity index (χ1) is 11.9. The van der Waals surface area contributed by atoms with Crippen LogP contribution in [0.5, 0.6) is 5.75 Å². The Bertz CT molecular complexity index is 897. The van der Waals surface area contributed by atoms with Gasteiger partial charge in [-0.05, 0) is 29.8 Å². The van der Waals surface area contributed by atoms with Crippen molar-refractivity contribution in [2.24, 2.45) is 5.41 Å². The molecule has 130 valence electrons. The van der Waals surface area contributed by atoms with Gasteiger partial charge in [0.15, 0.2) is 6.29 Å². The maximum Gasteiger partial charge on any atom is 0.152 e. The second kappa shape index (κ2) is 6.90. The van der Waals surface area contributed by atoms with Crippen LogP contribution in [0.25, 0.3) is 22.0 Å². The van der Waals surface area contributed by atoms with E-state index in [2.05, 4.69) is 4.98 Å². The third-order valence-electron chi connectivity index (χ3n) is 4.15. The molecule has 3 rings (SSSR count). The van der Waals surface area contributed by atoms with Gasteiger partial charge in [-0.15, -0.1) is 0 Å². The standard InChI is InChI=1S/C20H20ClNO3/c1-20(2,11-24)12-25-15-5-3-13(4-6-15)16-7-17-14(10-23)9-22-19(17)8-18(16)21/h3-10,22,24H,11-12H2,1-2H3. The van der Waals surface area contributed by atoms with Crippen molar-refractivity contribution in [1.29, 1.82) is 0 Å². The summed E-state index contributed by atoms with van der Waals surface area (Å²) >= 11 is 6.40. The van der Waals surface area contributed by atoms with Crippen molar-refractivity contribution < 1.29 is 14.6 Å². The smallest absolute Gasteiger partial charge is 0.152 e. The van der Waals surface area contributed by atoms with Crippen LogP contribution in [0.15, 0.2) is 42.6 Å². The second-order valence-corrected chi connectivity index (χ2v) is 7.28. The van der Waals surface area contributed by atoms with Gasteiger partial charge < -0.3 is 14.8 Å². The number of fused-ring (bicyclic) bond motifs is 1. The van der Waals surface area contributed by atoms with Gasteiger partial charge in [-0.25, -0.2) is 0 Å². The Morgan fingerprint density at radius 1 is 1.24 bits per heavy atom. The molecule has 1 aromatic heterocycles. The number of halogens is 1. The highest BCUT2D eigenvalue weighted by atomic mass is 35.5. The van der Waals surface area contributed by atoms with Gasteiger partial charge in [0, 0.05) is 33.6 Å². The van der Waals surface area contributed by atoms with Gasteiger partial charge in [-0.2, -0.15) is 0 Å². The lowest BCUT2D eigenvalue weighted by molar-refractivity contribution is 0.0976. The maximum atomic E-state index is 11.1. The number of aromatic amines is 1. The molecule has 0 atom stereocenters. The van der Waals surface area contributed by atoms with Gasteiger partial charge in [0.1, 0.15) is 5.75 Å². The normalized spacial score (nSPS) is 11.7. The van der Waals surface area contributed by atoms with Crippen LogP contribution >= 0.6 is 11.6 Å². The summed E-state index contributed by atoms with van der Waals surface area (Å²) in [6.45, 7) is 4.38. The second-order valence-electron chi connectivity index (χ2n) is 6.87. The fourth-order valence-corrected chi connectivity index (χ4v) is 2.81. The summed E-state index contributed by atoms with van der Waals surface area (Å²) in [6.07, 6.45) is 2.51. The van der Waals surface area contributed by atoms with Crippen LogP contribution in [-0.4, -0.2) is 29.6 Å². The molecule has 0 aliphatic carbocycles. The van der Waals surface area contributed by atoms with Gasteiger partial charge >= 0.3 is 0 Å². The van der Waals surface area contributed by atoms with E-state index in [-0.39, 0.29) is 12.0 Å². The quantitative estimate of drug-likeness (QED) is 0.628. The molecule has 0 saturated carbocycles. The minimum Gasteiger partial charge on any atom is -0.493 e. The summed E-state index contributed by atoms with van der Waals surface area (Å²) in [6, 6.07) is 11.4. The lowest BCUT2D eigenvalue weighted by Gasteiger charge is -2.21.